The zero-order valence-corrected chi connectivity index (χ0v) is 20.8. The maximum absolute atomic E-state index is 13.4. The number of hydrogen-bond acceptors (Lipinski definition) is 7. The molecule has 1 aliphatic rings. The number of nitrogens with one attached hydrogen (secondary N) is 1. The Morgan fingerprint density at radius 3 is 2.71 bits per heavy atom. The van der Waals surface area contributed by atoms with Gasteiger partial charge in [0.25, 0.3) is 5.56 Å². The Bertz CT molecular complexity index is 1250. The highest BCUT2D eigenvalue weighted by Crippen LogP contribution is 2.37. The second-order valence-corrected chi connectivity index (χ2v) is 9.75. The number of nitrogens with zero attached hydrogens (tertiary/aromatic N) is 3. The Balaban J connectivity index is 1.56. The molecular formula is C25H30N4O4S. The predicted molar refractivity (Wildman–Crippen MR) is 135 cm³/mol. The van der Waals surface area contributed by atoms with Crippen LogP contribution in [0.25, 0.3) is 10.9 Å². The molecular weight excluding hydrogens is 452 g/mol. The molecule has 0 spiro atoms. The van der Waals surface area contributed by atoms with Crippen molar-refractivity contribution >= 4 is 34.3 Å². The summed E-state index contributed by atoms with van der Waals surface area (Å²) in [6.07, 6.45) is 0.933. The van der Waals surface area contributed by atoms with Gasteiger partial charge in [-0.05, 0) is 31.2 Å². The molecule has 0 fully saturated rings. The topological polar surface area (TPSA) is 87.8 Å². The Morgan fingerprint density at radius 2 is 1.97 bits per heavy atom. The number of methoxy groups -OCH3 is 2. The number of ether oxygens (including phenoxy) is 2. The summed E-state index contributed by atoms with van der Waals surface area (Å²) in [4.78, 5) is 38.6. The lowest BCUT2D eigenvalue weighted by Gasteiger charge is -2.26. The number of amides is 1. The van der Waals surface area contributed by atoms with Crippen molar-refractivity contribution in [3.05, 3.63) is 52.6 Å². The van der Waals surface area contributed by atoms with Crippen LogP contribution in [0.5, 0.6) is 11.5 Å². The molecule has 180 valence electrons. The molecule has 8 nitrogen and oxygen atoms in total. The largest absolute Gasteiger partial charge is 0.493 e. The van der Waals surface area contributed by atoms with E-state index in [-0.39, 0.29) is 18.0 Å². The van der Waals surface area contributed by atoms with Crippen LogP contribution >= 0.6 is 11.8 Å². The average Bonchev–Trinajstić information content (AvgIpc) is 3.00. The maximum Gasteiger partial charge on any atom is 0.258 e. The first-order chi connectivity index (χ1) is 16.4. The molecule has 3 aromatic rings. The van der Waals surface area contributed by atoms with Crippen LogP contribution in [0.4, 0.5) is 5.69 Å². The van der Waals surface area contributed by atoms with E-state index in [1.807, 2.05) is 46.7 Å². The number of hydrogen-bond donors (Lipinski definition) is 1. The van der Waals surface area contributed by atoms with E-state index in [0.29, 0.717) is 53.1 Å². The van der Waals surface area contributed by atoms with Gasteiger partial charge in [-0.2, -0.15) is 0 Å². The van der Waals surface area contributed by atoms with Gasteiger partial charge in [0.15, 0.2) is 11.5 Å². The van der Waals surface area contributed by atoms with E-state index in [0.717, 1.165) is 17.0 Å². The van der Waals surface area contributed by atoms with Gasteiger partial charge in [-0.3, -0.25) is 14.5 Å². The van der Waals surface area contributed by atoms with E-state index in [9.17, 15) is 9.59 Å². The molecule has 1 amide bonds. The number of anilines is 1. The molecule has 1 N–H and O–H groups in total. The highest BCUT2D eigenvalue weighted by atomic mass is 32.2. The van der Waals surface area contributed by atoms with E-state index in [1.54, 1.807) is 19.2 Å². The fourth-order valence-corrected chi connectivity index (χ4v) is 5.22. The number of likely N-dealkylation sites (N-methyl/N-ethyl adjacent to an activating group) is 1. The van der Waals surface area contributed by atoms with Crippen LogP contribution in [0, 0.1) is 0 Å². The van der Waals surface area contributed by atoms with Crippen LogP contribution in [0.2, 0.25) is 0 Å². The first-order valence-electron chi connectivity index (χ1n) is 11.4. The van der Waals surface area contributed by atoms with Gasteiger partial charge in [0.2, 0.25) is 5.91 Å². The minimum atomic E-state index is -0.254. The minimum absolute atomic E-state index is 0.0403. The molecule has 0 saturated carbocycles. The summed E-state index contributed by atoms with van der Waals surface area (Å²) in [5.41, 5.74) is 1.23. The summed E-state index contributed by atoms with van der Waals surface area (Å²) in [6, 6.07) is 11.4. The summed E-state index contributed by atoms with van der Waals surface area (Å²) in [5, 5.41) is 0.872. The van der Waals surface area contributed by atoms with E-state index >= 15 is 0 Å². The van der Waals surface area contributed by atoms with Crippen LogP contribution in [-0.2, 0) is 11.3 Å². The normalized spacial score (nSPS) is 15.8. The van der Waals surface area contributed by atoms with Crippen molar-refractivity contribution in [1.29, 1.82) is 0 Å². The lowest BCUT2D eigenvalue weighted by Crippen LogP contribution is -2.41. The first kappa shape index (κ1) is 24.1. The number of carbonyl (C=O) groups is 1. The second kappa shape index (κ2) is 10.5. The van der Waals surface area contributed by atoms with Crippen LogP contribution < -0.4 is 19.9 Å². The van der Waals surface area contributed by atoms with Crippen molar-refractivity contribution in [1.82, 2.24) is 14.9 Å². The number of aromatic nitrogens is 2. The molecule has 0 saturated heterocycles. The Morgan fingerprint density at radius 1 is 1.24 bits per heavy atom. The summed E-state index contributed by atoms with van der Waals surface area (Å²) in [7, 11) is 3.07. The Kier molecular flexibility index (Phi) is 7.43. The van der Waals surface area contributed by atoms with Crippen molar-refractivity contribution in [3.8, 4) is 11.5 Å². The summed E-state index contributed by atoms with van der Waals surface area (Å²) < 4.78 is 10.6. The van der Waals surface area contributed by atoms with E-state index in [1.165, 1.54) is 7.11 Å². The molecule has 1 aliphatic heterocycles. The molecule has 0 aliphatic carbocycles. The Labute approximate surface area is 203 Å². The van der Waals surface area contributed by atoms with Crippen LogP contribution in [-0.4, -0.2) is 59.9 Å². The molecule has 0 bridgehead atoms. The third-order valence-electron chi connectivity index (χ3n) is 5.98. The highest BCUT2D eigenvalue weighted by molar-refractivity contribution is 8.00. The number of rotatable bonds is 7. The first-order valence-corrected chi connectivity index (χ1v) is 12.2. The smallest absolute Gasteiger partial charge is 0.258 e. The van der Waals surface area contributed by atoms with Gasteiger partial charge in [-0.1, -0.05) is 26.0 Å². The number of thioether (sulfide) groups is 1. The summed E-state index contributed by atoms with van der Waals surface area (Å²) in [5.74, 6) is 1.52. The maximum atomic E-state index is 13.4. The number of H-pyrrole nitrogens is 1. The number of para-hydroxylation sites is 1. The Hall–Kier alpha value is -3.04. The van der Waals surface area contributed by atoms with E-state index in [2.05, 4.69) is 23.0 Å². The number of benzene rings is 2. The van der Waals surface area contributed by atoms with Gasteiger partial charge in [0.1, 0.15) is 5.82 Å². The number of aromatic amines is 1. The molecule has 9 heteroatoms. The summed E-state index contributed by atoms with van der Waals surface area (Å²) in [6.45, 7) is 6.10. The lowest BCUT2D eigenvalue weighted by atomic mass is 10.2. The molecule has 2 aromatic carbocycles. The van der Waals surface area contributed by atoms with Gasteiger partial charge in [0, 0.05) is 22.8 Å². The van der Waals surface area contributed by atoms with Gasteiger partial charge in [-0.25, -0.2) is 4.98 Å². The van der Waals surface area contributed by atoms with Gasteiger partial charge < -0.3 is 19.4 Å². The zero-order valence-electron chi connectivity index (χ0n) is 20.0. The molecule has 34 heavy (non-hydrogen) atoms. The van der Waals surface area contributed by atoms with Gasteiger partial charge >= 0.3 is 0 Å². The molecule has 0 unspecified atom stereocenters. The van der Waals surface area contributed by atoms with Crippen LogP contribution in [0.15, 0.2) is 46.1 Å². The summed E-state index contributed by atoms with van der Waals surface area (Å²) >= 11 is 1.81. The second-order valence-electron chi connectivity index (χ2n) is 8.27. The number of carbonyl (C=O) groups excluding carboxylic acids is 1. The third-order valence-corrected chi connectivity index (χ3v) is 7.22. The van der Waals surface area contributed by atoms with Gasteiger partial charge in [0.05, 0.1) is 43.9 Å². The average molecular weight is 483 g/mol. The molecule has 1 atom stereocenters. The number of fused-ring (bicyclic) bond motifs is 2. The fourth-order valence-electron chi connectivity index (χ4n) is 4.10. The standard InChI is InChI=1S/C25H30N4O4S/c1-5-28(15-24(30)29-11-10-16(2)34-22-9-7-6-8-19(22)29)14-23-26-18-13-21(33-4)20(32-3)12-17(18)25(31)27-23/h6-9,12-13,16H,5,10-11,14-15H2,1-4H3,(H,26,27,31)/t16-/m1/s1. The van der Waals surface area contributed by atoms with Crippen molar-refractivity contribution in [3.63, 3.8) is 0 Å². The van der Waals surface area contributed by atoms with Crippen molar-refractivity contribution < 1.29 is 14.3 Å². The zero-order chi connectivity index (χ0) is 24.2. The molecule has 1 aromatic heterocycles. The quantitative estimate of drug-likeness (QED) is 0.550. The van der Waals surface area contributed by atoms with Crippen molar-refractivity contribution in [2.24, 2.45) is 0 Å². The van der Waals surface area contributed by atoms with Crippen LogP contribution in [0.3, 0.4) is 0 Å². The highest BCUT2D eigenvalue weighted by Gasteiger charge is 2.25. The minimum Gasteiger partial charge on any atom is -0.493 e. The van der Waals surface area contributed by atoms with Gasteiger partial charge in [-0.15, -0.1) is 11.8 Å². The van der Waals surface area contributed by atoms with Crippen molar-refractivity contribution in [2.75, 3.05) is 38.8 Å². The van der Waals surface area contributed by atoms with Crippen molar-refractivity contribution in [2.45, 2.75) is 37.0 Å². The molecule has 4 rings (SSSR count). The SMILES string of the molecule is CCN(CC(=O)N1CC[C@@H](C)Sc2ccccc21)Cc1nc2cc(OC)c(OC)cc2c(=O)[nH]1. The van der Waals surface area contributed by atoms with E-state index < -0.39 is 0 Å². The monoisotopic (exact) mass is 482 g/mol. The predicted octanol–water partition coefficient (Wildman–Crippen LogP) is 3.68. The molecule has 0 radical (unpaired) electrons. The fraction of sp³-hybridized carbons (Fsp3) is 0.400. The molecule has 2 heterocycles. The lowest BCUT2D eigenvalue weighted by molar-refractivity contribution is -0.119. The van der Waals surface area contributed by atoms with E-state index in [4.69, 9.17) is 9.47 Å². The third kappa shape index (κ3) is 5.05. The van der Waals surface area contributed by atoms with Crippen LogP contribution in [0.1, 0.15) is 26.1 Å².